The Morgan fingerprint density at radius 2 is 2.07 bits per heavy atom. The summed E-state index contributed by atoms with van der Waals surface area (Å²) in [6, 6.07) is 0. The maximum atomic E-state index is 12.9. The van der Waals surface area contributed by atoms with Gasteiger partial charge < -0.3 is 18.8 Å². The van der Waals surface area contributed by atoms with Crippen molar-refractivity contribution in [2.45, 2.75) is 51.0 Å². The van der Waals surface area contributed by atoms with Crippen molar-refractivity contribution in [3.8, 4) is 0 Å². The van der Waals surface area contributed by atoms with Crippen LogP contribution in [0.15, 0.2) is 21.8 Å². The van der Waals surface area contributed by atoms with Crippen molar-refractivity contribution in [3.05, 3.63) is 34.3 Å². The van der Waals surface area contributed by atoms with E-state index in [4.69, 9.17) is 25.8 Å². The van der Waals surface area contributed by atoms with Gasteiger partial charge in [-0.15, -0.1) is 0 Å². The average Bonchev–Trinajstić information content (AvgIpc) is 3.28. The first-order valence-electron chi connectivity index (χ1n) is 10.1. The molecule has 0 bridgehead atoms. The summed E-state index contributed by atoms with van der Waals surface area (Å²) in [5.74, 6) is 9.54. The molecule has 1 saturated carbocycles. The predicted molar refractivity (Wildman–Crippen MR) is 100 cm³/mol. The maximum absolute atomic E-state index is 12.9. The van der Waals surface area contributed by atoms with Crippen LogP contribution in [0.25, 0.3) is 0 Å². The number of ether oxygens (including phenoxy) is 1. The van der Waals surface area contributed by atoms with Crippen LogP contribution in [0.3, 0.4) is 0 Å². The summed E-state index contributed by atoms with van der Waals surface area (Å²) < 4.78 is 11.5. The van der Waals surface area contributed by atoms with Gasteiger partial charge in [-0.25, -0.2) is 15.5 Å². The van der Waals surface area contributed by atoms with Crippen LogP contribution in [0.5, 0.6) is 0 Å². The van der Waals surface area contributed by atoms with Crippen LogP contribution in [0.2, 0.25) is 0 Å². The molecule has 30 heavy (non-hydrogen) atoms. The first kappa shape index (κ1) is 19.5. The molecule has 160 valence electrons. The van der Waals surface area contributed by atoms with Crippen LogP contribution >= 0.6 is 0 Å². The van der Waals surface area contributed by atoms with Gasteiger partial charge in [-0.2, -0.15) is 5.90 Å². The molecule has 9 heteroatoms. The summed E-state index contributed by atoms with van der Waals surface area (Å²) in [4.78, 5) is 47.8. The van der Waals surface area contributed by atoms with Crippen molar-refractivity contribution < 1.29 is 33.2 Å². The minimum atomic E-state index is -0.912. The molecule has 4 N–H and O–H groups in total. The SMILES string of the molecule is C[C@]12C[C@@H](C(=O)ON)C3=C(Cc4occ5c4[C@]3(C)[C@@H](CON)OC5=O)C1CCC2=O. The number of carbonyl (C=O) groups excluding carboxylic acids is 3. The molecule has 1 unspecified atom stereocenters. The number of esters is 1. The third kappa shape index (κ3) is 2.20. The number of rotatable bonds is 3. The fourth-order valence-corrected chi connectivity index (χ4v) is 6.51. The summed E-state index contributed by atoms with van der Waals surface area (Å²) in [6.07, 6.45) is 2.52. The largest absolute Gasteiger partial charge is 0.468 e. The summed E-state index contributed by atoms with van der Waals surface area (Å²) in [5, 5.41) is 0. The Morgan fingerprint density at radius 3 is 2.77 bits per heavy atom. The second-order valence-corrected chi connectivity index (χ2v) is 9.12. The normalized spacial score (nSPS) is 36.7. The molecular weight excluding hydrogens is 392 g/mol. The first-order valence-corrected chi connectivity index (χ1v) is 10.1. The minimum absolute atomic E-state index is 0.0302. The Kier molecular flexibility index (Phi) is 4.06. The highest BCUT2D eigenvalue weighted by Gasteiger charge is 2.62. The number of carbonyl (C=O) groups is 3. The van der Waals surface area contributed by atoms with Gasteiger partial charge in [-0.1, -0.05) is 12.5 Å². The van der Waals surface area contributed by atoms with Gasteiger partial charge in [0.25, 0.3) is 0 Å². The minimum Gasteiger partial charge on any atom is -0.468 e. The molecule has 1 aromatic heterocycles. The summed E-state index contributed by atoms with van der Waals surface area (Å²) in [7, 11) is 0. The van der Waals surface area contributed by atoms with E-state index in [0.29, 0.717) is 42.6 Å². The average molecular weight is 416 g/mol. The lowest BCUT2D eigenvalue weighted by Gasteiger charge is -2.52. The lowest BCUT2D eigenvalue weighted by Crippen LogP contribution is -2.56. The molecule has 1 aliphatic heterocycles. The third-order valence-corrected chi connectivity index (χ3v) is 7.87. The van der Waals surface area contributed by atoms with Gasteiger partial charge in [-0.05, 0) is 31.3 Å². The number of allylic oxidation sites excluding steroid dienone is 1. The lowest BCUT2D eigenvalue weighted by atomic mass is 9.52. The standard InChI is InChI=1S/C21H24N2O7/c1-20-6-10(19(26)30-23)16-9(12(20)3-4-14(20)24)5-13-17-11(7-27-13)18(25)29-15(8-28-22)21(16,17)2/h7,10,12,15H,3-6,8,22-23H2,1-2H3/t10-,12?,15-,20+,21-/m1/s1. The van der Waals surface area contributed by atoms with E-state index in [1.54, 1.807) is 0 Å². The quantitative estimate of drug-likeness (QED) is 0.422. The molecular formula is C21H24N2O7. The second-order valence-electron chi connectivity index (χ2n) is 9.12. The highest BCUT2D eigenvalue weighted by Crippen LogP contribution is 2.62. The van der Waals surface area contributed by atoms with Gasteiger partial charge in [0.2, 0.25) is 0 Å². The predicted octanol–water partition coefficient (Wildman–Crippen LogP) is 1.24. The highest BCUT2D eigenvalue weighted by molar-refractivity contribution is 5.95. The molecule has 0 amide bonds. The zero-order valence-corrected chi connectivity index (χ0v) is 16.9. The summed E-state index contributed by atoms with van der Waals surface area (Å²) in [5.41, 5.74) is 1.21. The molecule has 5 rings (SSSR count). The fraction of sp³-hybridized carbons (Fsp3) is 0.571. The van der Waals surface area contributed by atoms with Crippen LogP contribution in [-0.2, 0) is 35.8 Å². The van der Waals surface area contributed by atoms with Gasteiger partial charge in [0.1, 0.15) is 36.1 Å². The van der Waals surface area contributed by atoms with E-state index in [2.05, 4.69) is 4.84 Å². The maximum Gasteiger partial charge on any atom is 0.342 e. The number of ketones is 1. The molecule has 1 aromatic rings. The van der Waals surface area contributed by atoms with Gasteiger partial charge in [0, 0.05) is 23.8 Å². The lowest BCUT2D eigenvalue weighted by molar-refractivity contribution is -0.150. The van der Waals surface area contributed by atoms with Crippen molar-refractivity contribution in [1.82, 2.24) is 0 Å². The zero-order chi connectivity index (χ0) is 21.4. The van der Waals surface area contributed by atoms with Gasteiger partial charge in [0.15, 0.2) is 0 Å². The number of cyclic esters (lactones) is 1. The van der Waals surface area contributed by atoms with Crippen molar-refractivity contribution in [3.63, 3.8) is 0 Å². The Morgan fingerprint density at radius 1 is 1.30 bits per heavy atom. The topological polar surface area (TPSA) is 144 Å². The molecule has 0 saturated heterocycles. The Hall–Kier alpha value is -2.49. The Balaban J connectivity index is 1.79. The van der Waals surface area contributed by atoms with Crippen molar-refractivity contribution >= 4 is 17.7 Å². The number of furan rings is 1. The summed E-state index contributed by atoms with van der Waals surface area (Å²) >= 11 is 0. The summed E-state index contributed by atoms with van der Waals surface area (Å²) in [6.45, 7) is 3.76. The number of hydrogen-bond acceptors (Lipinski definition) is 9. The van der Waals surface area contributed by atoms with E-state index >= 15 is 0 Å². The van der Waals surface area contributed by atoms with Crippen molar-refractivity contribution in [1.29, 1.82) is 0 Å². The number of nitrogens with two attached hydrogens (primary N) is 2. The molecule has 4 aliphatic rings. The first-order chi connectivity index (χ1) is 14.3. The van der Waals surface area contributed by atoms with E-state index < -0.39 is 34.8 Å². The molecule has 3 aliphatic carbocycles. The number of Topliss-reactive ketones (excluding diaryl/α,β-unsaturated/α-hetero) is 1. The zero-order valence-electron chi connectivity index (χ0n) is 16.9. The van der Waals surface area contributed by atoms with Gasteiger partial charge in [-0.3, -0.25) is 4.79 Å². The van der Waals surface area contributed by atoms with E-state index in [1.807, 2.05) is 13.8 Å². The van der Waals surface area contributed by atoms with Gasteiger partial charge in [0.05, 0.1) is 11.3 Å². The van der Waals surface area contributed by atoms with Crippen LogP contribution in [0, 0.1) is 17.3 Å². The van der Waals surface area contributed by atoms with Crippen LogP contribution in [0.1, 0.15) is 54.8 Å². The van der Waals surface area contributed by atoms with E-state index in [9.17, 15) is 14.4 Å². The molecule has 0 spiro atoms. The Labute approximate surface area is 172 Å². The van der Waals surface area contributed by atoms with Crippen LogP contribution < -0.4 is 11.8 Å². The van der Waals surface area contributed by atoms with Crippen LogP contribution in [-0.4, -0.2) is 30.4 Å². The Bertz CT molecular complexity index is 1010. The smallest absolute Gasteiger partial charge is 0.342 e. The van der Waals surface area contributed by atoms with Gasteiger partial charge >= 0.3 is 11.9 Å². The molecule has 5 atom stereocenters. The highest BCUT2D eigenvalue weighted by atomic mass is 16.7. The molecule has 9 nitrogen and oxygen atoms in total. The third-order valence-electron chi connectivity index (χ3n) is 7.87. The van der Waals surface area contributed by atoms with E-state index in [-0.39, 0.29) is 18.3 Å². The second kappa shape index (κ2) is 6.26. The van der Waals surface area contributed by atoms with Crippen molar-refractivity contribution in [2.24, 2.45) is 29.0 Å². The number of hydrogen-bond donors (Lipinski definition) is 2. The monoisotopic (exact) mass is 416 g/mol. The molecule has 1 fully saturated rings. The van der Waals surface area contributed by atoms with E-state index in [1.165, 1.54) is 6.26 Å². The molecule has 0 radical (unpaired) electrons. The van der Waals surface area contributed by atoms with Crippen molar-refractivity contribution in [2.75, 3.05) is 6.61 Å². The van der Waals surface area contributed by atoms with E-state index in [0.717, 1.165) is 11.1 Å². The molecule has 2 heterocycles. The fourth-order valence-electron chi connectivity index (χ4n) is 6.51. The number of fused-ring (bicyclic) bond motifs is 3. The van der Waals surface area contributed by atoms with Crippen LogP contribution in [0.4, 0.5) is 0 Å². The molecule has 0 aromatic carbocycles.